The monoisotopic (exact) mass is 268 g/mol. The second-order valence-electron chi connectivity index (χ2n) is 5.24. The molecule has 1 aliphatic rings. The van der Waals surface area contributed by atoms with Crippen molar-refractivity contribution in [2.45, 2.75) is 43.1 Å². The molecule has 0 radical (unpaired) electrons. The smallest absolute Gasteiger partial charge is 0.175 e. The molecule has 100 valence electrons. The molecule has 0 bridgehead atoms. The maximum absolute atomic E-state index is 11.3. The zero-order valence-electron chi connectivity index (χ0n) is 10.7. The molecule has 1 aromatic rings. The summed E-state index contributed by atoms with van der Waals surface area (Å²) >= 11 is 0. The summed E-state index contributed by atoms with van der Waals surface area (Å²) in [7, 11) is -3.15. The molecule has 1 aliphatic carbocycles. The van der Waals surface area contributed by atoms with Gasteiger partial charge in [-0.15, -0.1) is 0 Å². The third-order valence-corrected chi connectivity index (χ3v) is 4.85. The first-order valence-electron chi connectivity index (χ1n) is 6.45. The van der Waals surface area contributed by atoms with Gasteiger partial charge in [0.2, 0.25) is 0 Å². The Morgan fingerprint density at radius 2 is 1.78 bits per heavy atom. The fourth-order valence-corrected chi connectivity index (χ4v) is 3.27. The average molecular weight is 268 g/mol. The molecule has 1 N–H and O–H groups in total. The maximum Gasteiger partial charge on any atom is 0.175 e. The number of rotatable bonds is 4. The summed E-state index contributed by atoms with van der Waals surface area (Å²) in [4.78, 5) is 0.305. The molecule has 1 unspecified atom stereocenters. The second-order valence-corrected chi connectivity index (χ2v) is 7.26. The first kappa shape index (κ1) is 13.6. The molecule has 3 nitrogen and oxygen atoms in total. The van der Waals surface area contributed by atoms with E-state index in [0.717, 1.165) is 12.0 Å². The normalized spacial score (nSPS) is 19.0. The lowest BCUT2D eigenvalue weighted by Crippen LogP contribution is -2.05. The van der Waals surface area contributed by atoms with Gasteiger partial charge in [-0.2, -0.15) is 0 Å². The van der Waals surface area contributed by atoms with Gasteiger partial charge < -0.3 is 5.11 Å². The number of aliphatic hydroxyl groups excluding tert-OH is 1. The van der Waals surface area contributed by atoms with Crippen LogP contribution < -0.4 is 0 Å². The summed E-state index contributed by atoms with van der Waals surface area (Å²) in [6, 6.07) is 6.58. The molecule has 1 aromatic carbocycles. The van der Waals surface area contributed by atoms with Gasteiger partial charge in [-0.1, -0.05) is 37.8 Å². The highest BCUT2D eigenvalue weighted by Crippen LogP contribution is 2.33. The Labute approximate surface area is 109 Å². The minimum Gasteiger partial charge on any atom is -0.388 e. The molecule has 0 amide bonds. The molecular weight excluding hydrogens is 248 g/mol. The van der Waals surface area contributed by atoms with Gasteiger partial charge in [-0.25, -0.2) is 8.42 Å². The van der Waals surface area contributed by atoms with Gasteiger partial charge in [0.25, 0.3) is 0 Å². The molecule has 0 aromatic heterocycles. The number of sulfone groups is 1. The lowest BCUT2D eigenvalue weighted by molar-refractivity contribution is 0.145. The van der Waals surface area contributed by atoms with Crippen LogP contribution in [-0.4, -0.2) is 19.8 Å². The van der Waals surface area contributed by atoms with Crippen molar-refractivity contribution in [3.05, 3.63) is 29.8 Å². The summed E-state index contributed by atoms with van der Waals surface area (Å²) in [6.07, 6.45) is 6.46. The lowest BCUT2D eigenvalue weighted by Gasteiger charge is -2.15. The predicted octanol–water partition coefficient (Wildman–Crippen LogP) is 2.70. The lowest BCUT2D eigenvalue weighted by atomic mass is 9.96. The Morgan fingerprint density at radius 3 is 2.28 bits per heavy atom. The predicted molar refractivity (Wildman–Crippen MR) is 71.1 cm³/mol. The van der Waals surface area contributed by atoms with Crippen LogP contribution in [0.2, 0.25) is 0 Å². The summed E-state index contributed by atoms with van der Waals surface area (Å²) in [6.45, 7) is 0. The fraction of sp³-hybridized carbons (Fsp3) is 0.571. The number of hydrogen-bond acceptors (Lipinski definition) is 3. The minimum absolute atomic E-state index is 0.305. The zero-order chi connectivity index (χ0) is 13.2. The van der Waals surface area contributed by atoms with Crippen molar-refractivity contribution in [2.24, 2.45) is 5.92 Å². The van der Waals surface area contributed by atoms with Gasteiger partial charge in [-0.3, -0.25) is 0 Å². The van der Waals surface area contributed by atoms with Gasteiger partial charge >= 0.3 is 0 Å². The Bertz CT molecular complexity index is 484. The van der Waals surface area contributed by atoms with Gasteiger partial charge in [0, 0.05) is 6.26 Å². The van der Waals surface area contributed by atoms with Crippen LogP contribution in [0.5, 0.6) is 0 Å². The summed E-state index contributed by atoms with van der Waals surface area (Å²) in [5.74, 6) is 0.620. The van der Waals surface area contributed by atoms with Gasteiger partial charge in [-0.05, 0) is 30.0 Å². The summed E-state index contributed by atoms with van der Waals surface area (Å²) in [5, 5.41) is 10.1. The Morgan fingerprint density at radius 1 is 1.22 bits per heavy atom. The minimum atomic E-state index is -3.15. The Balaban J connectivity index is 2.04. The van der Waals surface area contributed by atoms with E-state index in [9.17, 15) is 13.5 Å². The molecule has 0 aliphatic heterocycles. The van der Waals surface area contributed by atoms with Crippen molar-refractivity contribution in [1.29, 1.82) is 0 Å². The Kier molecular flexibility index (Phi) is 4.07. The Hall–Kier alpha value is -0.870. The molecule has 2 rings (SSSR count). The highest BCUT2D eigenvalue weighted by molar-refractivity contribution is 7.90. The third kappa shape index (κ3) is 3.33. The maximum atomic E-state index is 11.3. The summed E-state index contributed by atoms with van der Waals surface area (Å²) in [5.41, 5.74) is 0.814. The molecule has 1 saturated carbocycles. The van der Waals surface area contributed by atoms with E-state index in [0.29, 0.717) is 10.8 Å². The molecule has 1 fully saturated rings. The summed E-state index contributed by atoms with van der Waals surface area (Å²) < 4.78 is 22.7. The molecule has 0 saturated heterocycles. The van der Waals surface area contributed by atoms with Crippen LogP contribution in [0, 0.1) is 5.92 Å². The van der Waals surface area contributed by atoms with Crippen molar-refractivity contribution >= 4 is 9.84 Å². The molecule has 18 heavy (non-hydrogen) atoms. The highest BCUT2D eigenvalue weighted by atomic mass is 32.2. The average Bonchev–Trinajstić information content (AvgIpc) is 2.81. The van der Waals surface area contributed by atoms with E-state index in [-0.39, 0.29) is 0 Å². The molecule has 4 heteroatoms. The standard InChI is InChI=1S/C14H20O3S/c1-18(16,17)13-8-6-12(7-9-13)14(15)10-11-4-2-3-5-11/h6-9,11,14-15H,2-5,10H2,1H3. The SMILES string of the molecule is CS(=O)(=O)c1ccc(C(O)CC2CCCC2)cc1. The van der Waals surface area contributed by atoms with Crippen molar-refractivity contribution in [3.63, 3.8) is 0 Å². The van der Waals surface area contributed by atoms with Crippen LogP contribution in [0.15, 0.2) is 29.2 Å². The second kappa shape index (κ2) is 5.41. The van der Waals surface area contributed by atoms with Gasteiger partial charge in [0.15, 0.2) is 9.84 Å². The van der Waals surface area contributed by atoms with E-state index in [2.05, 4.69) is 0 Å². The quantitative estimate of drug-likeness (QED) is 0.913. The first-order chi connectivity index (χ1) is 8.47. The number of hydrogen-bond donors (Lipinski definition) is 1. The van der Waals surface area contributed by atoms with E-state index in [1.807, 2.05) is 0 Å². The van der Waals surface area contributed by atoms with Crippen molar-refractivity contribution in [1.82, 2.24) is 0 Å². The fourth-order valence-electron chi connectivity index (χ4n) is 2.64. The van der Waals surface area contributed by atoms with E-state index < -0.39 is 15.9 Å². The first-order valence-corrected chi connectivity index (χ1v) is 8.34. The molecule has 0 spiro atoms. The molecule has 0 heterocycles. The van der Waals surface area contributed by atoms with Crippen molar-refractivity contribution in [2.75, 3.05) is 6.26 Å². The van der Waals surface area contributed by atoms with Gasteiger partial charge in [0.05, 0.1) is 11.0 Å². The van der Waals surface area contributed by atoms with Crippen LogP contribution in [0.1, 0.15) is 43.8 Å². The van der Waals surface area contributed by atoms with Crippen LogP contribution in [-0.2, 0) is 9.84 Å². The van der Waals surface area contributed by atoms with Crippen molar-refractivity contribution < 1.29 is 13.5 Å². The zero-order valence-corrected chi connectivity index (χ0v) is 11.5. The van der Waals surface area contributed by atoms with E-state index in [1.54, 1.807) is 24.3 Å². The largest absolute Gasteiger partial charge is 0.388 e. The van der Waals surface area contributed by atoms with Crippen LogP contribution in [0.3, 0.4) is 0 Å². The molecular formula is C14H20O3S. The van der Waals surface area contributed by atoms with E-state index in [4.69, 9.17) is 0 Å². The highest BCUT2D eigenvalue weighted by Gasteiger charge is 2.20. The topological polar surface area (TPSA) is 54.4 Å². The van der Waals surface area contributed by atoms with Crippen LogP contribution in [0.25, 0.3) is 0 Å². The number of aliphatic hydroxyl groups is 1. The van der Waals surface area contributed by atoms with Gasteiger partial charge in [0.1, 0.15) is 0 Å². The number of benzene rings is 1. The third-order valence-electron chi connectivity index (χ3n) is 3.72. The van der Waals surface area contributed by atoms with Crippen molar-refractivity contribution in [3.8, 4) is 0 Å². The van der Waals surface area contributed by atoms with Crippen LogP contribution >= 0.6 is 0 Å². The molecule has 1 atom stereocenters. The van der Waals surface area contributed by atoms with E-state index in [1.165, 1.54) is 31.9 Å². The van der Waals surface area contributed by atoms with E-state index >= 15 is 0 Å². The van der Waals surface area contributed by atoms with Crippen LogP contribution in [0.4, 0.5) is 0 Å².